The first-order valence-corrected chi connectivity index (χ1v) is 11.4. The Bertz CT molecular complexity index is 1190. The third-order valence-corrected chi connectivity index (χ3v) is 6.00. The molecule has 0 radical (unpaired) electrons. The number of aliphatic hydroxyl groups excluding tert-OH is 1. The predicted molar refractivity (Wildman–Crippen MR) is 123 cm³/mol. The molecule has 1 aliphatic heterocycles. The number of halogens is 1. The Hall–Kier alpha value is -3.03. The SMILES string of the molecule is O=C(Cc1ccc(Oc2ccnc3cc(OCCO)c4c(c23)OCCO4)cc1Cl)CC1CC1. The Balaban J connectivity index is 1.44. The molecule has 1 saturated carbocycles. The van der Waals surface area contributed by atoms with Crippen LogP contribution in [0.25, 0.3) is 10.9 Å². The highest BCUT2D eigenvalue weighted by Gasteiger charge is 2.26. The molecule has 2 heterocycles. The number of carbonyl (C=O) groups excluding carboxylic acids is 1. The molecule has 1 N–H and O–H groups in total. The van der Waals surface area contributed by atoms with Gasteiger partial charge in [0, 0.05) is 30.1 Å². The van der Waals surface area contributed by atoms with E-state index in [-0.39, 0.29) is 19.0 Å². The van der Waals surface area contributed by atoms with Gasteiger partial charge in [-0.05, 0) is 42.5 Å². The largest absolute Gasteiger partial charge is 0.487 e. The van der Waals surface area contributed by atoms with Gasteiger partial charge in [0.25, 0.3) is 0 Å². The summed E-state index contributed by atoms with van der Waals surface area (Å²) < 4.78 is 23.5. The van der Waals surface area contributed by atoms with Gasteiger partial charge in [0.2, 0.25) is 5.75 Å². The summed E-state index contributed by atoms with van der Waals surface area (Å²) in [4.78, 5) is 16.7. The molecule has 0 bridgehead atoms. The zero-order valence-electron chi connectivity index (χ0n) is 18.0. The maximum absolute atomic E-state index is 12.2. The number of ether oxygens (including phenoxy) is 4. The predicted octanol–water partition coefficient (Wildman–Crippen LogP) is 4.73. The van der Waals surface area contributed by atoms with Gasteiger partial charge >= 0.3 is 0 Å². The van der Waals surface area contributed by atoms with Crippen LogP contribution in [0, 0.1) is 5.92 Å². The van der Waals surface area contributed by atoms with Gasteiger partial charge in [-0.1, -0.05) is 17.7 Å². The summed E-state index contributed by atoms with van der Waals surface area (Å²) in [6.07, 6.45) is 4.91. The summed E-state index contributed by atoms with van der Waals surface area (Å²) in [5.41, 5.74) is 1.41. The number of nitrogens with zero attached hydrogens (tertiary/aromatic N) is 1. The van der Waals surface area contributed by atoms with E-state index in [0.717, 1.165) is 18.4 Å². The summed E-state index contributed by atoms with van der Waals surface area (Å²) in [6.45, 7) is 0.787. The Labute approximate surface area is 196 Å². The van der Waals surface area contributed by atoms with Crippen LogP contribution in [0.1, 0.15) is 24.8 Å². The molecular formula is C25H24ClNO6. The number of fused-ring (bicyclic) bond motifs is 3. The highest BCUT2D eigenvalue weighted by atomic mass is 35.5. The molecule has 1 fully saturated rings. The van der Waals surface area contributed by atoms with Crippen molar-refractivity contribution < 1.29 is 28.8 Å². The van der Waals surface area contributed by atoms with Crippen LogP contribution in [0.2, 0.25) is 5.02 Å². The monoisotopic (exact) mass is 469 g/mol. The molecule has 2 aromatic carbocycles. The van der Waals surface area contributed by atoms with Crippen molar-refractivity contribution >= 4 is 28.3 Å². The number of hydrogen-bond acceptors (Lipinski definition) is 7. The Kier molecular flexibility index (Phi) is 6.24. The number of pyridine rings is 1. The van der Waals surface area contributed by atoms with Crippen molar-refractivity contribution in [2.45, 2.75) is 25.7 Å². The standard InChI is InChI=1S/C25H24ClNO6/c26-19-13-18(4-3-16(19)12-17(29)11-15-1-2-15)33-21-5-6-27-20-14-22(30-8-7-28)24-25(23(20)21)32-10-9-31-24/h3-6,13-15,28H,1-2,7-12H2. The van der Waals surface area contributed by atoms with Crippen LogP contribution in [-0.2, 0) is 11.2 Å². The van der Waals surface area contributed by atoms with Crippen LogP contribution in [0.3, 0.4) is 0 Å². The topological polar surface area (TPSA) is 87.1 Å². The molecular weight excluding hydrogens is 446 g/mol. The minimum Gasteiger partial charge on any atom is -0.487 e. The number of ketones is 1. The lowest BCUT2D eigenvalue weighted by Gasteiger charge is -2.23. The Morgan fingerprint density at radius 1 is 1.12 bits per heavy atom. The summed E-state index contributed by atoms with van der Waals surface area (Å²) in [5.74, 6) is 3.26. The van der Waals surface area contributed by atoms with Crippen LogP contribution in [0.15, 0.2) is 36.5 Å². The second-order valence-corrected chi connectivity index (χ2v) is 8.63. The zero-order valence-corrected chi connectivity index (χ0v) is 18.8. The first kappa shape index (κ1) is 21.8. The van der Waals surface area contributed by atoms with Crippen molar-refractivity contribution in [2.24, 2.45) is 5.92 Å². The lowest BCUT2D eigenvalue weighted by Crippen LogP contribution is -2.17. The van der Waals surface area contributed by atoms with E-state index in [2.05, 4.69) is 4.98 Å². The molecule has 7 nitrogen and oxygen atoms in total. The van der Waals surface area contributed by atoms with Gasteiger partial charge in [0.05, 0.1) is 17.5 Å². The van der Waals surface area contributed by atoms with Crippen molar-refractivity contribution in [1.29, 1.82) is 0 Å². The fraction of sp³-hybridized carbons (Fsp3) is 0.360. The molecule has 5 rings (SSSR count). The average Bonchev–Trinajstić information content (AvgIpc) is 3.63. The maximum Gasteiger partial charge on any atom is 0.204 e. The molecule has 0 amide bonds. The quantitative estimate of drug-likeness (QED) is 0.484. The molecule has 33 heavy (non-hydrogen) atoms. The maximum atomic E-state index is 12.2. The molecule has 1 aromatic heterocycles. The van der Waals surface area contributed by atoms with Crippen molar-refractivity contribution in [2.75, 3.05) is 26.4 Å². The second kappa shape index (κ2) is 9.45. The molecule has 0 unspecified atom stereocenters. The number of benzene rings is 2. The van der Waals surface area contributed by atoms with E-state index in [9.17, 15) is 4.79 Å². The van der Waals surface area contributed by atoms with E-state index in [1.807, 2.05) is 6.07 Å². The van der Waals surface area contributed by atoms with Crippen molar-refractivity contribution in [1.82, 2.24) is 4.98 Å². The van der Waals surface area contributed by atoms with E-state index in [1.165, 1.54) is 0 Å². The van der Waals surface area contributed by atoms with Gasteiger partial charge in [-0.2, -0.15) is 0 Å². The smallest absolute Gasteiger partial charge is 0.204 e. The minimum atomic E-state index is -0.118. The highest BCUT2D eigenvalue weighted by molar-refractivity contribution is 6.31. The second-order valence-electron chi connectivity index (χ2n) is 8.22. The van der Waals surface area contributed by atoms with Gasteiger partial charge in [-0.25, -0.2) is 0 Å². The van der Waals surface area contributed by atoms with E-state index in [1.54, 1.807) is 30.5 Å². The number of hydrogen-bond donors (Lipinski definition) is 1. The van der Waals surface area contributed by atoms with Crippen molar-refractivity contribution in [3.8, 4) is 28.7 Å². The van der Waals surface area contributed by atoms with E-state index in [4.69, 9.17) is 35.7 Å². The Morgan fingerprint density at radius 3 is 2.70 bits per heavy atom. The van der Waals surface area contributed by atoms with Crippen LogP contribution >= 0.6 is 11.6 Å². The lowest BCUT2D eigenvalue weighted by molar-refractivity contribution is -0.118. The minimum absolute atomic E-state index is 0.118. The van der Waals surface area contributed by atoms with Crippen molar-refractivity contribution in [3.05, 3.63) is 47.1 Å². The Morgan fingerprint density at radius 2 is 1.94 bits per heavy atom. The molecule has 1 aliphatic carbocycles. The van der Waals surface area contributed by atoms with E-state index in [0.29, 0.717) is 76.6 Å². The van der Waals surface area contributed by atoms with E-state index >= 15 is 0 Å². The molecule has 172 valence electrons. The van der Waals surface area contributed by atoms with Gasteiger partial charge in [0.15, 0.2) is 11.5 Å². The molecule has 0 atom stereocenters. The fourth-order valence-electron chi connectivity index (χ4n) is 3.91. The van der Waals surface area contributed by atoms with Gasteiger partial charge in [-0.15, -0.1) is 0 Å². The van der Waals surface area contributed by atoms with Gasteiger partial charge < -0.3 is 24.1 Å². The normalized spacial score (nSPS) is 14.8. The first-order valence-electron chi connectivity index (χ1n) is 11.1. The number of aromatic nitrogens is 1. The van der Waals surface area contributed by atoms with Crippen molar-refractivity contribution in [3.63, 3.8) is 0 Å². The third kappa shape index (κ3) is 4.84. The molecule has 0 spiro atoms. The van der Waals surface area contributed by atoms with Crippen LogP contribution in [-0.4, -0.2) is 42.3 Å². The van der Waals surface area contributed by atoms with Crippen LogP contribution in [0.5, 0.6) is 28.7 Å². The summed E-state index contributed by atoms with van der Waals surface area (Å²) in [7, 11) is 0. The molecule has 2 aliphatic rings. The number of rotatable bonds is 9. The summed E-state index contributed by atoms with van der Waals surface area (Å²) in [6, 6.07) is 8.85. The van der Waals surface area contributed by atoms with Gasteiger partial charge in [0.1, 0.15) is 37.1 Å². The van der Waals surface area contributed by atoms with Crippen LogP contribution < -0.4 is 18.9 Å². The molecule has 8 heteroatoms. The highest BCUT2D eigenvalue weighted by Crippen LogP contribution is 2.48. The molecule has 0 saturated heterocycles. The average molecular weight is 470 g/mol. The number of aliphatic hydroxyl groups is 1. The third-order valence-electron chi connectivity index (χ3n) is 5.65. The summed E-state index contributed by atoms with van der Waals surface area (Å²) >= 11 is 6.47. The van der Waals surface area contributed by atoms with Crippen LogP contribution in [0.4, 0.5) is 0 Å². The number of Topliss-reactive ketones (excluding diaryl/α,β-unsaturated/α-hetero) is 1. The number of carbonyl (C=O) groups is 1. The van der Waals surface area contributed by atoms with Gasteiger partial charge in [-0.3, -0.25) is 9.78 Å². The van der Waals surface area contributed by atoms with E-state index < -0.39 is 0 Å². The fourth-order valence-corrected chi connectivity index (χ4v) is 4.15. The first-order chi connectivity index (χ1) is 16.1. The molecule has 3 aromatic rings. The zero-order chi connectivity index (χ0) is 22.8. The lowest BCUT2D eigenvalue weighted by atomic mass is 10.0. The summed E-state index contributed by atoms with van der Waals surface area (Å²) in [5, 5.41) is 10.3.